The van der Waals surface area contributed by atoms with Gasteiger partial charge in [-0.25, -0.2) is 9.18 Å². The number of amides is 1. The molecule has 5 rings (SSSR count). The number of carbonyl (C=O) groups excluding carboxylic acids is 1. The number of nitrogens with zero attached hydrogens (tertiary/aromatic N) is 2. The lowest BCUT2D eigenvalue weighted by atomic mass is 10.0. The lowest BCUT2D eigenvalue weighted by Crippen LogP contribution is -2.27. The maximum absolute atomic E-state index is 14.9. The van der Waals surface area contributed by atoms with E-state index in [2.05, 4.69) is 16.4 Å². The van der Waals surface area contributed by atoms with Gasteiger partial charge in [-0.2, -0.15) is 0 Å². The van der Waals surface area contributed by atoms with Gasteiger partial charge >= 0.3 is 6.09 Å². The van der Waals surface area contributed by atoms with Crippen LogP contribution in [0.3, 0.4) is 0 Å². The molecule has 34 heavy (non-hydrogen) atoms. The fourth-order valence-corrected chi connectivity index (χ4v) is 4.21. The van der Waals surface area contributed by atoms with E-state index in [9.17, 15) is 9.18 Å². The number of hydrogen-bond donors (Lipinski definition) is 2. The van der Waals surface area contributed by atoms with E-state index in [-0.39, 0.29) is 12.6 Å². The minimum atomic E-state index is -0.501. The van der Waals surface area contributed by atoms with Crippen LogP contribution in [0, 0.1) is 5.82 Å². The number of pyridine rings is 1. The SMILES string of the molecule is NCC1CN(c2ccc(-c3ccc(CNCc4ccnc5ccccc45)cc3)c(F)c2)C(=O)O1. The van der Waals surface area contributed by atoms with Gasteiger partial charge in [-0.1, -0.05) is 42.5 Å². The lowest BCUT2D eigenvalue weighted by molar-refractivity contribution is 0.145. The van der Waals surface area contributed by atoms with Gasteiger partial charge in [-0.3, -0.25) is 9.88 Å². The Kier molecular flexibility index (Phi) is 6.20. The highest BCUT2D eigenvalue weighted by molar-refractivity contribution is 5.90. The molecule has 0 spiro atoms. The molecule has 0 bridgehead atoms. The molecule has 7 heteroatoms. The van der Waals surface area contributed by atoms with Crippen LogP contribution in [-0.2, 0) is 17.8 Å². The molecule has 1 aromatic heterocycles. The first-order valence-electron chi connectivity index (χ1n) is 11.2. The quantitative estimate of drug-likeness (QED) is 0.424. The molecule has 1 saturated heterocycles. The van der Waals surface area contributed by atoms with E-state index in [1.165, 1.54) is 16.5 Å². The first kappa shape index (κ1) is 22.0. The molecule has 1 unspecified atom stereocenters. The van der Waals surface area contributed by atoms with E-state index in [0.29, 0.717) is 24.3 Å². The Hall–Kier alpha value is -3.81. The molecule has 0 radical (unpaired) electrons. The number of nitrogens with two attached hydrogens (primary N) is 1. The monoisotopic (exact) mass is 456 g/mol. The number of benzene rings is 3. The highest BCUT2D eigenvalue weighted by atomic mass is 19.1. The molecule has 1 amide bonds. The lowest BCUT2D eigenvalue weighted by Gasteiger charge is -2.14. The average Bonchev–Trinajstić information content (AvgIpc) is 3.25. The van der Waals surface area contributed by atoms with E-state index in [1.807, 2.05) is 54.7 Å². The summed E-state index contributed by atoms with van der Waals surface area (Å²) in [5, 5.41) is 4.62. The molecule has 2 heterocycles. The van der Waals surface area contributed by atoms with E-state index in [1.54, 1.807) is 12.1 Å². The number of ether oxygens (including phenoxy) is 1. The Bertz CT molecular complexity index is 1320. The number of para-hydroxylation sites is 1. The van der Waals surface area contributed by atoms with Gasteiger partial charge in [-0.05, 0) is 47.0 Å². The molecule has 0 saturated carbocycles. The molecular formula is C27H25FN4O2. The van der Waals surface area contributed by atoms with Crippen molar-refractivity contribution in [1.29, 1.82) is 0 Å². The Labute approximate surface area is 197 Å². The predicted octanol–water partition coefficient (Wildman–Crippen LogP) is 4.61. The van der Waals surface area contributed by atoms with Crippen molar-refractivity contribution in [2.24, 2.45) is 5.73 Å². The van der Waals surface area contributed by atoms with Crippen LogP contribution in [0.5, 0.6) is 0 Å². The molecule has 1 fully saturated rings. The summed E-state index contributed by atoms with van der Waals surface area (Å²) in [6, 6.07) is 22.7. The topological polar surface area (TPSA) is 80.5 Å². The standard InChI is InChI=1S/C27H25FN4O2/c28-25-13-21(32-17-22(14-29)34-27(32)33)9-10-23(25)19-7-5-18(6-8-19)15-30-16-20-11-12-31-26-4-2-1-3-24(20)26/h1-13,22,30H,14-17,29H2. The molecule has 172 valence electrons. The summed E-state index contributed by atoms with van der Waals surface area (Å²) < 4.78 is 20.1. The molecule has 6 nitrogen and oxygen atoms in total. The van der Waals surface area contributed by atoms with Crippen LogP contribution in [0.15, 0.2) is 79.0 Å². The number of cyclic esters (lactones) is 1. The number of carbonyl (C=O) groups is 1. The van der Waals surface area contributed by atoms with E-state index < -0.39 is 11.9 Å². The molecule has 1 atom stereocenters. The number of aromatic nitrogens is 1. The largest absolute Gasteiger partial charge is 0.443 e. The van der Waals surface area contributed by atoms with Crippen LogP contribution in [-0.4, -0.2) is 30.3 Å². The Morgan fingerprint density at radius 2 is 1.88 bits per heavy atom. The van der Waals surface area contributed by atoms with Gasteiger partial charge < -0.3 is 15.8 Å². The fourth-order valence-electron chi connectivity index (χ4n) is 4.21. The molecule has 3 aromatic carbocycles. The normalized spacial score (nSPS) is 15.6. The number of hydrogen-bond acceptors (Lipinski definition) is 5. The summed E-state index contributed by atoms with van der Waals surface area (Å²) in [5.74, 6) is -0.392. The average molecular weight is 457 g/mol. The van der Waals surface area contributed by atoms with Crippen LogP contribution >= 0.6 is 0 Å². The summed E-state index contributed by atoms with van der Waals surface area (Å²) in [6.07, 6.45) is 0.963. The van der Waals surface area contributed by atoms with E-state index in [0.717, 1.165) is 28.6 Å². The van der Waals surface area contributed by atoms with Gasteiger partial charge in [-0.15, -0.1) is 0 Å². The van der Waals surface area contributed by atoms with Crippen LogP contribution in [0.25, 0.3) is 22.0 Å². The van der Waals surface area contributed by atoms with Gasteiger partial charge in [0, 0.05) is 36.8 Å². The second-order valence-corrected chi connectivity index (χ2v) is 8.30. The van der Waals surface area contributed by atoms with E-state index >= 15 is 0 Å². The highest BCUT2D eigenvalue weighted by Gasteiger charge is 2.31. The van der Waals surface area contributed by atoms with Crippen LogP contribution < -0.4 is 16.0 Å². The first-order chi connectivity index (χ1) is 16.6. The van der Waals surface area contributed by atoms with Gasteiger partial charge in [0.05, 0.1) is 17.7 Å². The molecule has 4 aromatic rings. The third-order valence-corrected chi connectivity index (χ3v) is 6.05. The molecule has 3 N–H and O–H groups in total. The minimum absolute atomic E-state index is 0.239. The molecule has 1 aliphatic rings. The van der Waals surface area contributed by atoms with Crippen molar-refractivity contribution >= 4 is 22.7 Å². The maximum atomic E-state index is 14.9. The maximum Gasteiger partial charge on any atom is 0.414 e. The Morgan fingerprint density at radius 1 is 1.06 bits per heavy atom. The number of nitrogens with one attached hydrogen (secondary N) is 1. The highest BCUT2D eigenvalue weighted by Crippen LogP contribution is 2.29. The number of halogens is 1. The summed E-state index contributed by atoms with van der Waals surface area (Å²) in [5.41, 5.74) is 10.6. The molecular weight excluding hydrogens is 431 g/mol. The van der Waals surface area contributed by atoms with Crippen LogP contribution in [0.2, 0.25) is 0 Å². The Balaban J connectivity index is 1.24. The Morgan fingerprint density at radius 3 is 2.65 bits per heavy atom. The summed E-state index contributed by atoms with van der Waals surface area (Å²) in [6.45, 7) is 1.98. The number of rotatable bonds is 7. The third kappa shape index (κ3) is 4.48. The second-order valence-electron chi connectivity index (χ2n) is 8.30. The molecule has 0 aliphatic carbocycles. The number of fused-ring (bicyclic) bond motifs is 1. The van der Waals surface area contributed by atoms with Gasteiger partial charge in [0.15, 0.2) is 0 Å². The minimum Gasteiger partial charge on any atom is -0.443 e. The van der Waals surface area contributed by atoms with Crippen molar-refractivity contribution in [3.63, 3.8) is 0 Å². The molecule has 1 aliphatic heterocycles. The third-order valence-electron chi connectivity index (χ3n) is 6.05. The van der Waals surface area contributed by atoms with Gasteiger partial charge in [0.25, 0.3) is 0 Å². The fraction of sp³-hybridized carbons (Fsp3) is 0.185. The van der Waals surface area contributed by atoms with Crippen molar-refractivity contribution < 1.29 is 13.9 Å². The van der Waals surface area contributed by atoms with Gasteiger partial charge in [0.2, 0.25) is 0 Å². The van der Waals surface area contributed by atoms with Crippen LogP contribution in [0.1, 0.15) is 11.1 Å². The second kappa shape index (κ2) is 9.59. The smallest absolute Gasteiger partial charge is 0.414 e. The summed E-state index contributed by atoms with van der Waals surface area (Å²) in [4.78, 5) is 17.8. The first-order valence-corrected chi connectivity index (χ1v) is 11.2. The number of anilines is 1. The summed E-state index contributed by atoms with van der Waals surface area (Å²) in [7, 11) is 0. The van der Waals surface area contributed by atoms with Crippen LogP contribution in [0.4, 0.5) is 14.9 Å². The van der Waals surface area contributed by atoms with Crippen molar-refractivity contribution in [2.75, 3.05) is 18.0 Å². The summed E-state index contributed by atoms with van der Waals surface area (Å²) >= 11 is 0. The zero-order chi connectivity index (χ0) is 23.5. The zero-order valence-corrected chi connectivity index (χ0v) is 18.6. The van der Waals surface area contributed by atoms with Crippen molar-refractivity contribution in [3.05, 3.63) is 95.9 Å². The predicted molar refractivity (Wildman–Crippen MR) is 131 cm³/mol. The van der Waals surface area contributed by atoms with Gasteiger partial charge in [0.1, 0.15) is 11.9 Å². The zero-order valence-electron chi connectivity index (χ0n) is 18.6. The van der Waals surface area contributed by atoms with Crippen molar-refractivity contribution in [1.82, 2.24) is 10.3 Å². The van der Waals surface area contributed by atoms with E-state index in [4.69, 9.17) is 10.5 Å². The van der Waals surface area contributed by atoms with Crippen molar-refractivity contribution in [3.8, 4) is 11.1 Å². The van der Waals surface area contributed by atoms with Crippen molar-refractivity contribution in [2.45, 2.75) is 19.2 Å².